The summed E-state index contributed by atoms with van der Waals surface area (Å²) in [5.41, 5.74) is 0.862. The number of ether oxygens (including phenoxy) is 2. The van der Waals surface area contributed by atoms with E-state index in [2.05, 4.69) is 20.4 Å². The van der Waals surface area contributed by atoms with Crippen LogP contribution < -0.4 is 19.7 Å². The fraction of sp³-hybridized carbons (Fsp3) is 0.455. The van der Waals surface area contributed by atoms with Crippen LogP contribution in [0.15, 0.2) is 28.6 Å². The van der Waals surface area contributed by atoms with Crippen molar-refractivity contribution in [3.8, 4) is 11.5 Å². The molecule has 1 aliphatic rings. The Morgan fingerprint density at radius 2 is 1.88 bits per heavy atom. The van der Waals surface area contributed by atoms with Crippen molar-refractivity contribution in [3.05, 3.63) is 29.8 Å². The first-order valence-electron chi connectivity index (χ1n) is 10.6. The van der Waals surface area contributed by atoms with Crippen LogP contribution in [0.4, 0.5) is 5.13 Å². The summed E-state index contributed by atoms with van der Waals surface area (Å²) in [5.74, 6) is 1.54. The maximum Gasteiger partial charge on any atom is 0.246 e. The van der Waals surface area contributed by atoms with Crippen molar-refractivity contribution in [1.82, 2.24) is 20.4 Å². The normalized spacial score (nSPS) is 14.1. The number of carbonyl (C=O) groups excluding carboxylic acids is 2. The van der Waals surface area contributed by atoms with Crippen molar-refractivity contribution in [2.45, 2.75) is 24.2 Å². The van der Waals surface area contributed by atoms with Crippen LogP contribution in [0.1, 0.15) is 19.4 Å². The van der Waals surface area contributed by atoms with Crippen LogP contribution >= 0.6 is 23.1 Å². The van der Waals surface area contributed by atoms with Crippen molar-refractivity contribution in [3.63, 3.8) is 0 Å². The monoisotopic (exact) mass is 491 g/mol. The van der Waals surface area contributed by atoms with Gasteiger partial charge >= 0.3 is 0 Å². The van der Waals surface area contributed by atoms with Gasteiger partial charge in [0.15, 0.2) is 15.8 Å². The van der Waals surface area contributed by atoms with Gasteiger partial charge in [-0.15, -0.1) is 10.2 Å². The van der Waals surface area contributed by atoms with Gasteiger partial charge in [-0.05, 0) is 37.6 Å². The summed E-state index contributed by atoms with van der Waals surface area (Å²) in [4.78, 5) is 28.4. The first-order chi connectivity index (χ1) is 15.9. The third kappa shape index (κ3) is 7.10. The van der Waals surface area contributed by atoms with Crippen molar-refractivity contribution in [2.75, 3.05) is 51.1 Å². The second kappa shape index (κ2) is 11.9. The standard InChI is InChI=1S/C22H29N5O4S2/c1-15(2)23-19(28)14-32-22-25-24-21(33-22)27-11-9-26(10-12-27)20(29)8-6-16-5-7-17(30-3)18(13-16)31-4/h5-8,13,15H,9-12,14H2,1-4H3,(H,23,28)/b8-6+. The number of amides is 2. The van der Waals surface area contributed by atoms with Crippen molar-refractivity contribution in [2.24, 2.45) is 0 Å². The van der Waals surface area contributed by atoms with Gasteiger partial charge in [-0.25, -0.2) is 0 Å². The van der Waals surface area contributed by atoms with Gasteiger partial charge in [0.2, 0.25) is 16.9 Å². The molecule has 1 N–H and O–H groups in total. The average molecular weight is 492 g/mol. The van der Waals surface area contributed by atoms with E-state index in [1.807, 2.05) is 36.9 Å². The van der Waals surface area contributed by atoms with Gasteiger partial charge in [0.05, 0.1) is 20.0 Å². The van der Waals surface area contributed by atoms with Gasteiger partial charge < -0.3 is 24.6 Å². The van der Waals surface area contributed by atoms with Crippen molar-refractivity contribution >= 4 is 46.1 Å². The molecule has 33 heavy (non-hydrogen) atoms. The lowest BCUT2D eigenvalue weighted by Gasteiger charge is -2.33. The predicted octanol–water partition coefficient (Wildman–Crippen LogP) is 2.53. The Labute approximate surface area is 202 Å². The highest BCUT2D eigenvalue weighted by Gasteiger charge is 2.22. The lowest BCUT2D eigenvalue weighted by atomic mass is 10.2. The lowest BCUT2D eigenvalue weighted by Crippen LogP contribution is -2.48. The van der Waals surface area contributed by atoms with E-state index in [4.69, 9.17) is 9.47 Å². The number of nitrogens with zero attached hydrogens (tertiary/aromatic N) is 4. The summed E-state index contributed by atoms with van der Waals surface area (Å²) in [6, 6.07) is 5.64. The van der Waals surface area contributed by atoms with Crippen molar-refractivity contribution in [1.29, 1.82) is 0 Å². The summed E-state index contributed by atoms with van der Waals surface area (Å²) >= 11 is 2.86. The van der Waals surface area contributed by atoms with Crippen LogP contribution in [0.25, 0.3) is 6.08 Å². The fourth-order valence-corrected chi connectivity index (χ4v) is 4.93. The molecule has 11 heteroatoms. The van der Waals surface area contributed by atoms with Gasteiger partial charge in [0, 0.05) is 38.3 Å². The number of methoxy groups -OCH3 is 2. The molecule has 0 spiro atoms. The number of thioether (sulfide) groups is 1. The van der Waals surface area contributed by atoms with Crippen LogP contribution in [0.5, 0.6) is 11.5 Å². The minimum Gasteiger partial charge on any atom is -0.493 e. The summed E-state index contributed by atoms with van der Waals surface area (Å²) in [7, 11) is 3.17. The highest BCUT2D eigenvalue weighted by atomic mass is 32.2. The molecule has 1 fully saturated rings. The number of aromatic nitrogens is 2. The van der Waals surface area contributed by atoms with Crippen LogP contribution in [-0.2, 0) is 9.59 Å². The number of hydrogen-bond acceptors (Lipinski definition) is 9. The van der Waals surface area contributed by atoms with E-state index in [0.29, 0.717) is 43.4 Å². The zero-order chi connectivity index (χ0) is 23.8. The van der Waals surface area contributed by atoms with E-state index in [-0.39, 0.29) is 17.9 Å². The molecule has 1 aromatic heterocycles. The van der Waals surface area contributed by atoms with Gasteiger partial charge in [0.1, 0.15) is 0 Å². The molecule has 178 valence electrons. The maximum absolute atomic E-state index is 12.6. The number of benzene rings is 1. The van der Waals surface area contributed by atoms with E-state index in [9.17, 15) is 9.59 Å². The summed E-state index contributed by atoms with van der Waals surface area (Å²) in [5, 5.41) is 12.1. The molecule has 2 heterocycles. The van der Waals surface area contributed by atoms with E-state index in [1.165, 1.54) is 23.1 Å². The molecule has 1 saturated heterocycles. The molecule has 3 rings (SSSR count). The number of hydrogen-bond donors (Lipinski definition) is 1. The summed E-state index contributed by atoms with van der Waals surface area (Å²) < 4.78 is 11.3. The number of piperazine rings is 1. The Balaban J connectivity index is 1.48. The number of rotatable bonds is 9. The molecule has 0 saturated carbocycles. The number of carbonyl (C=O) groups is 2. The largest absolute Gasteiger partial charge is 0.493 e. The predicted molar refractivity (Wildman–Crippen MR) is 131 cm³/mol. The second-order valence-electron chi connectivity index (χ2n) is 7.62. The van der Waals surface area contributed by atoms with Crippen molar-refractivity contribution < 1.29 is 19.1 Å². The molecular weight excluding hydrogens is 462 g/mol. The first-order valence-corrected chi connectivity index (χ1v) is 12.4. The molecule has 0 bridgehead atoms. The summed E-state index contributed by atoms with van der Waals surface area (Å²) in [6.45, 7) is 6.44. The molecular formula is C22H29N5O4S2. The van der Waals surface area contributed by atoms with E-state index in [1.54, 1.807) is 26.4 Å². The topological polar surface area (TPSA) is 96.9 Å². The minimum atomic E-state index is -0.0332. The fourth-order valence-electron chi connectivity index (χ4n) is 3.23. The Kier molecular flexibility index (Phi) is 8.95. The second-order valence-corrected chi connectivity index (χ2v) is 9.80. The van der Waals surface area contributed by atoms with E-state index >= 15 is 0 Å². The molecule has 0 radical (unpaired) electrons. The zero-order valence-corrected chi connectivity index (χ0v) is 20.9. The highest BCUT2D eigenvalue weighted by molar-refractivity contribution is 8.01. The zero-order valence-electron chi connectivity index (χ0n) is 19.2. The van der Waals surface area contributed by atoms with Gasteiger partial charge in [-0.3, -0.25) is 9.59 Å². The SMILES string of the molecule is COc1ccc(/C=C/C(=O)N2CCN(c3nnc(SCC(=O)NC(C)C)s3)CC2)cc1OC. The highest BCUT2D eigenvalue weighted by Crippen LogP contribution is 2.29. The molecule has 1 aliphatic heterocycles. The van der Waals surface area contributed by atoms with E-state index in [0.717, 1.165) is 15.0 Å². The molecule has 2 amide bonds. The van der Waals surface area contributed by atoms with E-state index < -0.39 is 0 Å². The molecule has 0 unspecified atom stereocenters. The quantitative estimate of drug-likeness (QED) is 0.422. The first kappa shape index (κ1) is 24.8. The van der Waals surface area contributed by atoms with Gasteiger partial charge in [0.25, 0.3) is 0 Å². The van der Waals surface area contributed by atoms with Crippen LogP contribution in [-0.4, -0.2) is 79.1 Å². The molecule has 2 aromatic rings. The molecule has 0 atom stereocenters. The third-order valence-corrected chi connectivity index (χ3v) is 6.98. The van der Waals surface area contributed by atoms with Gasteiger partial charge in [-0.1, -0.05) is 29.2 Å². The Bertz CT molecular complexity index is 987. The van der Waals surface area contributed by atoms with Crippen LogP contribution in [0.2, 0.25) is 0 Å². The third-order valence-electron chi connectivity index (χ3n) is 4.86. The lowest BCUT2D eigenvalue weighted by molar-refractivity contribution is -0.126. The average Bonchev–Trinajstić information content (AvgIpc) is 3.29. The van der Waals surface area contributed by atoms with Gasteiger partial charge in [-0.2, -0.15) is 0 Å². The minimum absolute atomic E-state index is 0.0139. The molecule has 0 aliphatic carbocycles. The molecule has 1 aromatic carbocycles. The summed E-state index contributed by atoms with van der Waals surface area (Å²) in [6.07, 6.45) is 3.36. The molecule has 9 nitrogen and oxygen atoms in total. The Hall–Kier alpha value is -2.79. The Morgan fingerprint density at radius 1 is 1.15 bits per heavy atom. The Morgan fingerprint density at radius 3 is 2.55 bits per heavy atom. The van der Waals surface area contributed by atoms with Crippen LogP contribution in [0, 0.1) is 0 Å². The maximum atomic E-state index is 12.6. The number of nitrogens with one attached hydrogen (secondary N) is 1. The van der Waals surface area contributed by atoms with Crippen LogP contribution in [0.3, 0.4) is 0 Å². The smallest absolute Gasteiger partial charge is 0.246 e. The number of anilines is 1.